The van der Waals surface area contributed by atoms with Crippen molar-refractivity contribution in [1.29, 1.82) is 0 Å². The minimum Gasteiger partial charge on any atom is -0.276 e. The van der Waals surface area contributed by atoms with E-state index >= 15 is 0 Å². The number of alkyl halides is 3. The molecule has 0 saturated heterocycles. The maximum atomic E-state index is 12.9. The Balaban J connectivity index is 1.70. The van der Waals surface area contributed by atoms with E-state index in [1.165, 1.54) is 12.1 Å². The van der Waals surface area contributed by atoms with Crippen molar-refractivity contribution < 1.29 is 21.6 Å². The summed E-state index contributed by atoms with van der Waals surface area (Å²) in [6.07, 6.45) is -3.70. The van der Waals surface area contributed by atoms with Crippen molar-refractivity contribution in [2.45, 2.75) is 16.2 Å². The van der Waals surface area contributed by atoms with Gasteiger partial charge in [0.2, 0.25) is 10.0 Å². The van der Waals surface area contributed by atoms with Gasteiger partial charge in [-0.05, 0) is 18.2 Å². The SMILES string of the molecule is O=S(=O)(NCCSc1nnc2c(Cl)cc(C(F)(F)F)cn12)c1ccccc1. The third kappa shape index (κ3) is 4.54. The lowest BCUT2D eigenvalue weighted by Crippen LogP contribution is -2.26. The Bertz CT molecular complexity index is 1060. The molecule has 0 aliphatic rings. The highest BCUT2D eigenvalue weighted by molar-refractivity contribution is 7.99. The molecule has 0 fully saturated rings. The molecule has 0 aliphatic heterocycles. The number of nitrogens with zero attached hydrogens (tertiary/aromatic N) is 3. The van der Waals surface area contributed by atoms with Crippen LogP contribution in [0.2, 0.25) is 5.02 Å². The monoisotopic (exact) mass is 436 g/mol. The number of pyridine rings is 1. The van der Waals surface area contributed by atoms with Crippen molar-refractivity contribution in [1.82, 2.24) is 19.3 Å². The van der Waals surface area contributed by atoms with Gasteiger partial charge in [-0.3, -0.25) is 4.40 Å². The predicted molar refractivity (Wildman–Crippen MR) is 95.4 cm³/mol. The van der Waals surface area contributed by atoms with Crippen LogP contribution in [-0.4, -0.2) is 35.3 Å². The summed E-state index contributed by atoms with van der Waals surface area (Å²) in [6, 6.07) is 8.62. The van der Waals surface area contributed by atoms with Crippen LogP contribution in [0.15, 0.2) is 52.6 Å². The smallest absolute Gasteiger partial charge is 0.276 e. The van der Waals surface area contributed by atoms with E-state index in [0.29, 0.717) is 0 Å². The molecule has 0 aliphatic carbocycles. The number of hydrogen-bond donors (Lipinski definition) is 1. The highest BCUT2D eigenvalue weighted by atomic mass is 35.5. The zero-order chi connectivity index (χ0) is 19.7. The number of aromatic nitrogens is 3. The van der Waals surface area contributed by atoms with Gasteiger partial charge in [0.05, 0.1) is 15.5 Å². The van der Waals surface area contributed by atoms with E-state index < -0.39 is 21.8 Å². The molecule has 6 nitrogen and oxygen atoms in total. The van der Waals surface area contributed by atoms with Crippen LogP contribution in [0.4, 0.5) is 13.2 Å². The maximum Gasteiger partial charge on any atom is 0.417 e. The number of nitrogens with one attached hydrogen (secondary N) is 1. The topological polar surface area (TPSA) is 76.4 Å². The molecule has 1 N–H and O–H groups in total. The molecule has 12 heteroatoms. The van der Waals surface area contributed by atoms with Crippen molar-refractivity contribution in [3.63, 3.8) is 0 Å². The van der Waals surface area contributed by atoms with Gasteiger partial charge in [-0.15, -0.1) is 10.2 Å². The standard InChI is InChI=1S/C15H12ClF3N4O2S2/c16-12-8-10(15(17,18)19)9-23-13(12)21-22-14(23)26-7-6-20-27(24,25)11-4-2-1-3-5-11/h1-5,8-9,20H,6-7H2. The quantitative estimate of drug-likeness (QED) is 0.473. The highest BCUT2D eigenvalue weighted by Gasteiger charge is 2.32. The Morgan fingerprint density at radius 2 is 1.89 bits per heavy atom. The first-order chi connectivity index (χ1) is 12.7. The lowest BCUT2D eigenvalue weighted by atomic mass is 10.3. The van der Waals surface area contributed by atoms with Crippen molar-refractivity contribution in [3.8, 4) is 0 Å². The minimum absolute atomic E-state index is 0.0590. The fourth-order valence-corrected chi connectivity index (χ4v) is 4.38. The van der Waals surface area contributed by atoms with Gasteiger partial charge in [-0.1, -0.05) is 41.6 Å². The summed E-state index contributed by atoms with van der Waals surface area (Å²) in [7, 11) is -3.65. The van der Waals surface area contributed by atoms with Crippen LogP contribution in [0, 0.1) is 0 Å². The van der Waals surface area contributed by atoms with Crippen LogP contribution in [-0.2, 0) is 16.2 Å². The van der Waals surface area contributed by atoms with E-state index in [1.807, 2.05) is 0 Å². The fraction of sp³-hybridized carbons (Fsp3) is 0.200. The number of benzene rings is 1. The van der Waals surface area contributed by atoms with E-state index in [2.05, 4.69) is 14.9 Å². The maximum absolute atomic E-state index is 12.9. The second-order valence-electron chi connectivity index (χ2n) is 5.31. The Morgan fingerprint density at radius 1 is 1.19 bits per heavy atom. The molecule has 3 rings (SSSR count). The van der Waals surface area contributed by atoms with Gasteiger partial charge in [0.15, 0.2) is 10.8 Å². The molecule has 3 aromatic rings. The zero-order valence-corrected chi connectivity index (χ0v) is 15.8. The number of rotatable bonds is 6. The molecular formula is C15H12ClF3N4O2S2. The minimum atomic E-state index is -4.56. The molecule has 0 saturated carbocycles. The molecule has 0 spiro atoms. The van der Waals surface area contributed by atoms with Crippen LogP contribution in [0.1, 0.15) is 5.56 Å². The van der Waals surface area contributed by atoms with Gasteiger partial charge in [-0.2, -0.15) is 13.2 Å². The molecule has 27 heavy (non-hydrogen) atoms. The average Bonchev–Trinajstić information content (AvgIpc) is 3.02. The molecule has 0 bridgehead atoms. The van der Waals surface area contributed by atoms with Gasteiger partial charge < -0.3 is 0 Å². The zero-order valence-electron chi connectivity index (χ0n) is 13.4. The Hall–Kier alpha value is -1.82. The summed E-state index contributed by atoms with van der Waals surface area (Å²) in [6.45, 7) is 0.0590. The van der Waals surface area contributed by atoms with Crippen LogP contribution in [0.25, 0.3) is 5.65 Å². The lowest BCUT2D eigenvalue weighted by molar-refractivity contribution is -0.137. The average molecular weight is 437 g/mol. The van der Waals surface area contributed by atoms with Crippen LogP contribution >= 0.6 is 23.4 Å². The summed E-state index contributed by atoms with van der Waals surface area (Å²) >= 11 is 6.90. The van der Waals surface area contributed by atoms with E-state index in [-0.39, 0.29) is 33.0 Å². The first kappa shape index (κ1) is 19.9. The van der Waals surface area contributed by atoms with Crippen molar-refractivity contribution in [2.75, 3.05) is 12.3 Å². The second-order valence-corrected chi connectivity index (χ2v) is 8.55. The lowest BCUT2D eigenvalue weighted by Gasteiger charge is -2.09. The van der Waals surface area contributed by atoms with Crippen molar-refractivity contribution in [3.05, 3.63) is 53.2 Å². The van der Waals surface area contributed by atoms with Crippen LogP contribution in [0.3, 0.4) is 0 Å². The Labute approximate surface area is 161 Å². The van der Waals surface area contributed by atoms with Crippen LogP contribution in [0.5, 0.6) is 0 Å². The highest BCUT2D eigenvalue weighted by Crippen LogP contribution is 2.33. The number of thioether (sulfide) groups is 1. The first-order valence-electron chi connectivity index (χ1n) is 7.47. The van der Waals surface area contributed by atoms with Crippen molar-refractivity contribution in [2.24, 2.45) is 0 Å². The predicted octanol–water partition coefficient (Wildman–Crippen LogP) is 3.47. The largest absolute Gasteiger partial charge is 0.417 e. The molecule has 0 unspecified atom stereocenters. The summed E-state index contributed by atoms with van der Waals surface area (Å²) in [4.78, 5) is 0.129. The molecule has 0 amide bonds. The summed E-state index contributed by atoms with van der Waals surface area (Å²) < 4.78 is 66.6. The van der Waals surface area contributed by atoms with Crippen LogP contribution < -0.4 is 4.72 Å². The van der Waals surface area contributed by atoms with Gasteiger partial charge in [0, 0.05) is 18.5 Å². The van der Waals surface area contributed by atoms with E-state index in [1.54, 1.807) is 18.2 Å². The molecule has 2 aromatic heterocycles. The molecule has 0 atom stereocenters. The summed E-state index contributed by atoms with van der Waals surface area (Å²) in [5.41, 5.74) is -0.830. The third-order valence-electron chi connectivity index (χ3n) is 3.43. The van der Waals surface area contributed by atoms with E-state index in [0.717, 1.165) is 28.4 Å². The number of hydrogen-bond acceptors (Lipinski definition) is 5. The second kappa shape index (κ2) is 7.66. The van der Waals surface area contributed by atoms with Gasteiger partial charge in [-0.25, -0.2) is 13.1 Å². The molecule has 1 aromatic carbocycles. The number of sulfonamides is 1. The van der Waals surface area contributed by atoms with Gasteiger partial charge >= 0.3 is 6.18 Å². The summed E-state index contributed by atoms with van der Waals surface area (Å²) in [5, 5.41) is 7.59. The molecular weight excluding hydrogens is 425 g/mol. The van der Waals surface area contributed by atoms with Gasteiger partial charge in [0.25, 0.3) is 0 Å². The third-order valence-corrected chi connectivity index (χ3v) is 6.13. The van der Waals surface area contributed by atoms with E-state index in [4.69, 9.17) is 11.6 Å². The Morgan fingerprint density at radius 3 is 2.56 bits per heavy atom. The first-order valence-corrected chi connectivity index (χ1v) is 10.3. The Kier molecular flexibility index (Phi) is 5.65. The fourth-order valence-electron chi connectivity index (χ4n) is 2.19. The van der Waals surface area contributed by atoms with Gasteiger partial charge in [0.1, 0.15) is 0 Å². The summed E-state index contributed by atoms with van der Waals surface area (Å²) in [5.74, 6) is 0.237. The molecule has 0 radical (unpaired) electrons. The molecule has 144 valence electrons. The molecule has 2 heterocycles. The number of fused-ring (bicyclic) bond motifs is 1. The van der Waals surface area contributed by atoms with Crippen molar-refractivity contribution >= 4 is 39.0 Å². The normalized spacial score (nSPS) is 12.6. The van der Waals surface area contributed by atoms with E-state index in [9.17, 15) is 21.6 Å². The number of halogens is 4.